The third-order valence-corrected chi connectivity index (χ3v) is 4.39. The summed E-state index contributed by atoms with van der Waals surface area (Å²) in [6, 6.07) is 30.2. The van der Waals surface area contributed by atoms with Crippen LogP contribution in [0.3, 0.4) is 0 Å². The molecular formula is C21H20. The summed E-state index contributed by atoms with van der Waals surface area (Å²) in [6.45, 7) is 4.51. The molecule has 0 bridgehead atoms. The summed E-state index contributed by atoms with van der Waals surface area (Å²) in [7, 11) is 0. The van der Waals surface area contributed by atoms with Crippen LogP contribution >= 0.6 is 0 Å². The Morgan fingerprint density at radius 3 is 1.48 bits per heavy atom. The van der Waals surface area contributed by atoms with Crippen molar-refractivity contribution in [1.29, 1.82) is 0 Å². The highest BCUT2D eigenvalue weighted by Crippen LogP contribution is 2.39. The minimum absolute atomic E-state index is 0.131. The maximum absolute atomic E-state index is 2.32. The lowest BCUT2D eigenvalue weighted by atomic mass is 9.70. The maximum Gasteiger partial charge on any atom is 0.0425 e. The quantitative estimate of drug-likeness (QED) is 0.564. The van der Waals surface area contributed by atoms with E-state index in [0.717, 1.165) is 0 Å². The molecule has 0 aliphatic rings. The Kier molecular flexibility index (Phi) is 3.62. The molecule has 0 aliphatic heterocycles. The van der Waals surface area contributed by atoms with Crippen LogP contribution in [0.5, 0.6) is 0 Å². The summed E-state index contributed by atoms with van der Waals surface area (Å²) < 4.78 is 0. The van der Waals surface area contributed by atoms with Crippen LogP contribution in [0.2, 0.25) is 0 Å². The van der Waals surface area contributed by atoms with Crippen molar-refractivity contribution in [3.05, 3.63) is 107 Å². The molecule has 0 atom stereocenters. The number of benzene rings is 3. The molecule has 21 heavy (non-hydrogen) atoms. The summed E-state index contributed by atoms with van der Waals surface area (Å²) in [4.78, 5) is 0. The molecule has 0 radical (unpaired) electrons. The van der Waals surface area contributed by atoms with Gasteiger partial charge in [0, 0.05) is 5.41 Å². The molecule has 0 aromatic heterocycles. The monoisotopic (exact) mass is 272 g/mol. The molecule has 0 fully saturated rings. The van der Waals surface area contributed by atoms with Crippen LogP contribution in [0, 0.1) is 6.92 Å². The van der Waals surface area contributed by atoms with Gasteiger partial charge in [0.25, 0.3) is 0 Å². The Balaban J connectivity index is 2.29. The van der Waals surface area contributed by atoms with Crippen molar-refractivity contribution >= 4 is 0 Å². The summed E-state index contributed by atoms with van der Waals surface area (Å²) in [5, 5.41) is 0. The molecule has 0 amide bonds. The average molecular weight is 272 g/mol. The van der Waals surface area contributed by atoms with E-state index in [1.54, 1.807) is 0 Å². The normalized spacial score (nSPS) is 11.3. The van der Waals surface area contributed by atoms with Gasteiger partial charge in [-0.15, -0.1) is 0 Å². The van der Waals surface area contributed by atoms with Gasteiger partial charge in [-0.25, -0.2) is 0 Å². The van der Waals surface area contributed by atoms with Crippen LogP contribution in [-0.2, 0) is 5.41 Å². The van der Waals surface area contributed by atoms with Gasteiger partial charge in [0.15, 0.2) is 0 Å². The Morgan fingerprint density at radius 2 is 1.00 bits per heavy atom. The molecule has 0 aliphatic carbocycles. The minimum Gasteiger partial charge on any atom is -0.0622 e. The third kappa shape index (κ3) is 2.38. The second-order valence-corrected chi connectivity index (χ2v) is 5.67. The Hall–Kier alpha value is -2.34. The van der Waals surface area contributed by atoms with Gasteiger partial charge in [-0.05, 0) is 36.1 Å². The van der Waals surface area contributed by atoms with Crippen LogP contribution in [0.25, 0.3) is 0 Å². The zero-order chi connectivity index (χ0) is 14.7. The Bertz CT molecular complexity index is 672. The molecule has 104 valence electrons. The van der Waals surface area contributed by atoms with Crippen molar-refractivity contribution in [3.8, 4) is 0 Å². The molecule has 0 N–H and O–H groups in total. The molecule has 3 aromatic rings. The van der Waals surface area contributed by atoms with Crippen LogP contribution in [0.4, 0.5) is 0 Å². The number of hydrogen-bond donors (Lipinski definition) is 0. The summed E-state index contributed by atoms with van der Waals surface area (Å²) in [5.41, 5.74) is 5.21. The predicted molar refractivity (Wildman–Crippen MR) is 89.6 cm³/mol. The molecule has 0 heteroatoms. The standard InChI is InChI=1S/C21H20/c1-17-11-9-10-16-20(17)21(2,18-12-5-3-6-13-18)19-14-7-4-8-15-19/h3-16H,1-2H3. The van der Waals surface area contributed by atoms with Gasteiger partial charge in [-0.1, -0.05) is 84.9 Å². The fourth-order valence-electron chi connectivity index (χ4n) is 3.15. The molecule has 0 spiro atoms. The summed E-state index contributed by atoms with van der Waals surface area (Å²) >= 11 is 0. The van der Waals surface area contributed by atoms with Crippen molar-refractivity contribution < 1.29 is 0 Å². The van der Waals surface area contributed by atoms with E-state index in [0.29, 0.717) is 0 Å². The SMILES string of the molecule is Cc1ccccc1C(C)(c1ccccc1)c1ccccc1. The smallest absolute Gasteiger partial charge is 0.0425 e. The van der Waals surface area contributed by atoms with Crippen molar-refractivity contribution in [2.45, 2.75) is 19.3 Å². The van der Waals surface area contributed by atoms with E-state index in [1.807, 2.05) is 0 Å². The molecule has 0 nitrogen and oxygen atoms in total. The van der Waals surface area contributed by atoms with Gasteiger partial charge in [-0.3, -0.25) is 0 Å². The van der Waals surface area contributed by atoms with Crippen molar-refractivity contribution in [1.82, 2.24) is 0 Å². The van der Waals surface area contributed by atoms with Crippen LogP contribution in [0.15, 0.2) is 84.9 Å². The van der Waals surface area contributed by atoms with Gasteiger partial charge in [0.2, 0.25) is 0 Å². The van der Waals surface area contributed by atoms with Gasteiger partial charge in [0.1, 0.15) is 0 Å². The van der Waals surface area contributed by atoms with Gasteiger partial charge in [-0.2, -0.15) is 0 Å². The third-order valence-electron chi connectivity index (χ3n) is 4.39. The Labute approximate surface area is 127 Å². The first kappa shape index (κ1) is 13.6. The fraction of sp³-hybridized carbons (Fsp3) is 0.143. The first-order valence-corrected chi connectivity index (χ1v) is 7.40. The lowest BCUT2D eigenvalue weighted by Crippen LogP contribution is -2.26. The molecule has 0 saturated carbocycles. The highest BCUT2D eigenvalue weighted by Gasteiger charge is 2.31. The van der Waals surface area contributed by atoms with Crippen molar-refractivity contribution in [2.24, 2.45) is 0 Å². The van der Waals surface area contributed by atoms with Gasteiger partial charge >= 0.3 is 0 Å². The number of aryl methyl sites for hydroxylation is 1. The molecule has 0 unspecified atom stereocenters. The average Bonchev–Trinajstić information content (AvgIpc) is 2.56. The molecule has 0 saturated heterocycles. The van der Waals surface area contributed by atoms with Crippen LogP contribution in [0.1, 0.15) is 29.2 Å². The van der Waals surface area contributed by atoms with E-state index < -0.39 is 0 Å². The first-order valence-electron chi connectivity index (χ1n) is 7.40. The van der Waals surface area contributed by atoms with Crippen molar-refractivity contribution in [2.75, 3.05) is 0 Å². The first-order chi connectivity index (χ1) is 10.2. The van der Waals surface area contributed by atoms with E-state index in [9.17, 15) is 0 Å². The zero-order valence-corrected chi connectivity index (χ0v) is 12.6. The molecule has 3 rings (SSSR count). The fourth-order valence-corrected chi connectivity index (χ4v) is 3.15. The zero-order valence-electron chi connectivity index (χ0n) is 12.6. The number of hydrogen-bond acceptors (Lipinski definition) is 0. The van der Waals surface area contributed by atoms with E-state index in [1.165, 1.54) is 22.3 Å². The summed E-state index contributed by atoms with van der Waals surface area (Å²) in [5.74, 6) is 0. The number of rotatable bonds is 3. The second kappa shape index (κ2) is 5.57. The van der Waals surface area contributed by atoms with E-state index in [2.05, 4.69) is 98.8 Å². The maximum atomic E-state index is 2.32. The van der Waals surface area contributed by atoms with Crippen LogP contribution < -0.4 is 0 Å². The lowest BCUT2D eigenvalue weighted by Gasteiger charge is -2.33. The lowest BCUT2D eigenvalue weighted by molar-refractivity contribution is 0.687. The van der Waals surface area contributed by atoms with Crippen LogP contribution in [-0.4, -0.2) is 0 Å². The highest BCUT2D eigenvalue weighted by molar-refractivity contribution is 5.51. The second-order valence-electron chi connectivity index (χ2n) is 5.67. The minimum atomic E-state index is -0.131. The predicted octanol–water partition coefficient (Wildman–Crippen LogP) is 5.35. The summed E-state index contributed by atoms with van der Waals surface area (Å²) in [6.07, 6.45) is 0. The topological polar surface area (TPSA) is 0 Å². The molecular weight excluding hydrogens is 252 g/mol. The largest absolute Gasteiger partial charge is 0.0622 e. The van der Waals surface area contributed by atoms with E-state index in [-0.39, 0.29) is 5.41 Å². The van der Waals surface area contributed by atoms with E-state index >= 15 is 0 Å². The van der Waals surface area contributed by atoms with E-state index in [4.69, 9.17) is 0 Å². The van der Waals surface area contributed by atoms with Gasteiger partial charge in [0.05, 0.1) is 0 Å². The molecule has 0 heterocycles. The molecule has 3 aromatic carbocycles. The Morgan fingerprint density at radius 1 is 0.571 bits per heavy atom. The highest BCUT2D eigenvalue weighted by atomic mass is 14.3. The van der Waals surface area contributed by atoms with Gasteiger partial charge < -0.3 is 0 Å². The van der Waals surface area contributed by atoms with Crippen molar-refractivity contribution in [3.63, 3.8) is 0 Å².